The first-order valence-corrected chi connectivity index (χ1v) is 14.0. The van der Waals surface area contributed by atoms with E-state index < -0.39 is 0 Å². The van der Waals surface area contributed by atoms with Crippen molar-refractivity contribution in [1.29, 1.82) is 0 Å². The first kappa shape index (κ1) is 29.5. The van der Waals surface area contributed by atoms with E-state index in [1.165, 1.54) is 11.1 Å². The highest BCUT2D eigenvalue weighted by molar-refractivity contribution is 6.24. The summed E-state index contributed by atoms with van der Waals surface area (Å²) >= 11 is 0. The van der Waals surface area contributed by atoms with Crippen molar-refractivity contribution in [3.05, 3.63) is 101 Å². The molecule has 4 rings (SSSR count). The molecule has 3 aromatic rings. The molecular formula is C33H42N4O2. The number of nitrogens with zero attached hydrogens (tertiary/aromatic N) is 2. The third-order valence-electron chi connectivity index (χ3n) is 6.46. The first-order chi connectivity index (χ1) is 19.0. The number of carbonyl (C=O) groups excluding carboxylic acids is 1. The zero-order valence-electron chi connectivity index (χ0n) is 23.7. The normalized spacial score (nSPS) is 13.6. The van der Waals surface area contributed by atoms with Gasteiger partial charge in [-0.05, 0) is 55.0 Å². The zero-order chi connectivity index (χ0) is 28.0. The molecule has 0 saturated carbocycles. The highest BCUT2D eigenvalue weighted by Crippen LogP contribution is 2.26. The van der Waals surface area contributed by atoms with E-state index in [9.17, 15) is 4.79 Å². The van der Waals surface area contributed by atoms with Crippen molar-refractivity contribution in [2.75, 3.05) is 17.7 Å². The number of anilines is 2. The fourth-order valence-corrected chi connectivity index (χ4v) is 4.31. The summed E-state index contributed by atoms with van der Waals surface area (Å²) in [6.07, 6.45) is 6.39. The van der Waals surface area contributed by atoms with Crippen LogP contribution in [0.25, 0.3) is 0 Å². The zero-order valence-corrected chi connectivity index (χ0v) is 23.7. The summed E-state index contributed by atoms with van der Waals surface area (Å²) in [7, 11) is 0. The molecule has 1 heterocycles. The number of ether oxygens (including phenoxy) is 1. The monoisotopic (exact) mass is 526 g/mol. The Balaban J connectivity index is 0.000000395. The molecule has 3 N–H and O–H groups in total. The molecule has 0 bridgehead atoms. The van der Waals surface area contributed by atoms with Crippen molar-refractivity contribution in [2.45, 2.75) is 66.3 Å². The number of benzene rings is 3. The summed E-state index contributed by atoms with van der Waals surface area (Å²) in [5, 5.41) is 9.54. The molecule has 0 atom stereocenters. The molecule has 0 radical (unpaired) electrons. The molecule has 206 valence electrons. The lowest BCUT2D eigenvalue weighted by molar-refractivity contribution is -0.126. The number of hydrogen-bond donors (Lipinski definition) is 2. The smallest absolute Gasteiger partial charge is 0.277 e. The molecular weight excluding hydrogens is 484 g/mol. The maximum Gasteiger partial charge on any atom is 0.277 e. The van der Waals surface area contributed by atoms with Gasteiger partial charge in [-0.2, -0.15) is 5.10 Å². The molecule has 0 aliphatic carbocycles. The largest absolute Gasteiger partial charge is 0.493 e. The van der Waals surface area contributed by atoms with Crippen molar-refractivity contribution in [3.8, 4) is 5.75 Å². The van der Waals surface area contributed by atoms with Gasteiger partial charge in [-0.15, -0.1) is 0 Å². The SMILES string of the molecule is CCCOc1ccccc1CN1N=C(CCC)C(=CNc2ccccc2CC)C1=O.CCc1ccccc1N. The summed E-state index contributed by atoms with van der Waals surface area (Å²) in [6, 6.07) is 23.9. The minimum Gasteiger partial charge on any atom is -0.493 e. The van der Waals surface area contributed by atoms with Gasteiger partial charge in [0.25, 0.3) is 5.91 Å². The van der Waals surface area contributed by atoms with Crippen LogP contribution >= 0.6 is 0 Å². The second kappa shape index (κ2) is 15.4. The topological polar surface area (TPSA) is 80.0 Å². The third-order valence-corrected chi connectivity index (χ3v) is 6.46. The number of nitrogens with one attached hydrogen (secondary N) is 1. The van der Waals surface area contributed by atoms with E-state index in [1.54, 1.807) is 5.01 Å². The van der Waals surface area contributed by atoms with Crippen molar-refractivity contribution in [2.24, 2.45) is 5.10 Å². The Morgan fingerprint density at radius 3 is 2.13 bits per heavy atom. The van der Waals surface area contributed by atoms with Crippen molar-refractivity contribution < 1.29 is 9.53 Å². The second-order valence-electron chi connectivity index (χ2n) is 9.38. The van der Waals surface area contributed by atoms with Gasteiger partial charge < -0.3 is 15.8 Å². The lowest BCUT2D eigenvalue weighted by Crippen LogP contribution is -2.22. The quantitative estimate of drug-likeness (QED) is 0.202. The third kappa shape index (κ3) is 8.21. The van der Waals surface area contributed by atoms with E-state index in [0.29, 0.717) is 18.7 Å². The van der Waals surface area contributed by atoms with Gasteiger partial charge in [0.15, 0.2) is 0 Å². The maximum absolute atomic E-state index is 13.2. The van der Waals surface area contributed by atoms with Gasteiger partial charge >= 0.3 is 0 Å². The van der Waals surface area contributed by atoms with Crippen molar-refractivity contribution >= 4 is 23.0 Å². The van der Waals surface area contributed by atoms with E-state index in [-0.39, 0.29) is 5.91 Å². The van der Waals surface area contributed by atoms with Crippen LogP contribution in [-0.2, 0) is 24.2 Å². The lowest BCUT2D eigenvalue weighted by Gasteiger charge is -2.15. The predicted octanol–water partition coefficient (Wildman–Crippen LogP) is 7.36. The molecule has 39 heavy (non-hydrogen) atoms. The molecule has 0 unspecified atom stereocenters. The van der Waals surface area contributed by atoms with E-state index in [2.05, 4.69) is 50.2 Å². The molecule has 0 aromatic heterocycles. The Bertz CT molecular complexity index is 1280. The number of nitrogen functional groups attached to an aromatic ring is 1. The molecule has 1 amide bonds. The Labute approximate surface area is 233 Å². The Morgan fingerprint density at radius 2 is 1.49 bits per heavy atom. The summed E-state index contributed by atoms with van der Waals surface area (Å²) in [5.74, 6) is 0.733. The fraction of sp³-hybridized carbons (Fsp3) is 0.333. The Hall–Kier alpha value is -4.06. The Morgan fingerprint density at radius 1 is 0.846 bits per heavy atom. The van der Waals surface area contributed by atoms with Crippen LogP contribution in [0.5, 0.6) is 5.75 Å². The number of aryl methyl sites for hydroxylation is 2. The number of para-hydroxylation sites is 3. The second-order valence-corrected chi connectivity index (χ2v) is 9.38. The van der Waals surface area contributed by atoms with E-state index in [1.807, 2.05) is 66.9 Å². The summed E-state index contributed by atoms with van der Waals surface area (Å²) < 4.78 is 5.85. The lowest BCUT2D eigenvalue weighted by atomic mass is 10.1. The van der Waals surface area contributed by atoms with Crippen LogP contribution in [0.15, 0.2) is 89.7 Å². The van der Waals surface area contributed by atoms with Crippen LogP contribution in [0.3, 0.4) is 0 Å². The number of carbonyl (C=O) groups is 1. The van der Waals surface area contributed by atoms with Crippen LogP contribution in [0.2, 0.25) is 0 Å². The number of rotatable bonds is 11. The predicted molar refractivity (Wildman–Crippen MR) is 163 cm³/mol. The Kier molecular flexibility index (Phi) is 11.6. The van der Waals surface area contributed by atoms with E-state index >= 15 is 0 Å². The van der Waals surface area contributed by atoms with Crippen LogP contribution in [0.1, 0.15) is 63.6 Å². The average Bonchev–Trinajstić information content (AvgIpc) is 3.25. The fourth-order valence-electron chi connectivity index (χ4n) is 4.31. The number of hydrazone groups is 1. The minimum atomic E-state index is -0.0785. The van der Waals surface area contributed by atoms with Gasteiger partial charge in [-0.1, -0.05) is 88.7 Å². The van der Waals surface area contributed by atoms with Gasteiger partial charge in [0.2, 0.25) is 0 Å². The summed E-state index contributed by atoms with van der Waals surface area (Å²) in [6.45, 7) is 9.45. The van der Waals surface area contributed by atoms with Gasteiger partial charge in [-0.3, -0.25) is 4.79 Å². The van der Waals surface area contributed by atoms with Crippen LogP contribution in [0.4, 0.5) is 11.4 Å². The first-order valence-electron chi connectivity index (χ1n) is 14.0. The average molecular weight is 527 g/mol. The molecule has 6 nitrogen and oxygen atoms in total. The molecule has 6 heteroatoms. The summed E-state index contributed by atoms with van der Waals surface area (Å²) in [5.41, 5.74) is 12.4. The van der Waals surface area contributed by atoms with Gasteiger partial charge in [0.1, 0.15) is 5.75 Å². The molecule has 1 aliphatic rings. The van der Waals surface area contributed by atoms with Crippen LogP contribution in [0, 0.1) is 0 Å². The van der Waals surface area contributed by atoms with Crippen LogP contribution in [-0.4, -0.2) is 23.2 Å². The van der Waals surface area contributed by atoms with Gasteiger partial charge in [-0.25, -0.2) is 5.01 Å². The van der Waals surface area contributed by atoms with Gasteiger partial charge in [0, 0.05) is 23.1 Å². The highest BCUT2D eigenvalue weighted by Gasteiger charge is 2.30. The highest BCUT2D eigenvalue weighted by atomic mass is 16.5. The number of amides is 1. The minimum absolute atomic E-state index is 0.0785. The summed E-state index contributed by atoms with van der Waals surface area (Å²) in [4.78, 5) is 13.2. The van der Waals surface area contributed by atoms with E-state index in [4.69, 9.17) is 10.5 Å². The molecule has 1 aliphatic heterocycles. The van der Waals surface area contributed by atoms with Crippen molar-refractivity contribution in [1.82, 2.24) is 5.01 Å². The van der Waals surface area contributed by atoms with Crippen molar-refractivity contribution in [3.63, 3.8) is 0 Å². The number of nitrogens with two attached hydrogens (primary N) is 1. The van der Waals surface area contributed by atoms with Gasteiger partial charge in [0.05, 0.1) is 24.4 Å². The number of hydrogen-bond acceptors (Lipinski definition) is 5. The maximum atomic E-state index is 13.2. The van der Waals surface area contributed by atoms with E-state index in [0.717, 1.165) is 60.5 Å². The molecule has 0 saturated heterocycles. The standard InChI is InChI=1S/C25H31N3O2.C8H11N/c1-4-11-23-21(17-26-22-14-9-7-12-19(22)6-3)25(29)28(27-23)18-20-13-8-10-15-24(20)30-16-5-2;1-2-7-5-3-4-6-8(7)9/h7-10,12-15,17,26H,4-6,11,16,18H2,1-3H3;3-6H,2,9H2,1H3. The van der Waals surface area contributed by atoms with Crippen LogP contribution < -0.4 is 15.8 Å². The molecule has 0 fully saturated rings. The molecule has 0 spiro atoms. The molecule has 3 aromatic carbocycles.